The van der Waals surface area contributed by atoms with Crippen molar-refractivity contribution in [1.29, 1.82) is 0 Å². The summed E-state index contributed by atoms with van der Waals surface area (Å²) in [5, 5.41) is 32.0. The van der Waals surface area contributed by atoms with E-state index in [-0.39, 0.29) is 42.8 Å². The summed E-state index contributed by atoms with van der Waals surface area (Å²) in [6.45, 7) is -0.779. The van der Waals surface area contributed by atoms with Gasteiger partial charge in [-0.05, 0) is 12.1 Å². The van der Waals surface area contributed by atoms with Crippen LogP contribution in [-0.4, -0.2) is 46.5 Å². The van der Waals surface area contributed by atoms with Crippen molar-refractivity contribution in [2.24, 2.45) is 0 Å². The molecule has 0 radical (unpaired) electrons. The summed E-state index contributed by atoms with van der Waals surface area (Å²) in [4.78, 5) is 12.7. The van der Waals surface area contributed by atoms with Crippen molar-refractivity contribution in [2.75, 3.05) is 25.1 Å². The Morgan fingerprint density at radius 2 is 1.83 bits per heavy atom. The predicted molar refractivity (Wildman–Crippen MR) is 84.0 cm³/mol. The first-order chi connectivity index (χ1) is 11.1. The van der Waals surface area contributed by atoms with Gasteiger partial charge in [0.05, 0.1) is 18.9 Å². The van der Waals surface area contributed by atoms with E-state index in [4.69, 9.17) is 4.74 Å². The van der Waals surface area contributed by atoms with E-state index in [0.717, 1.165) is 0 Å². The maximum Gasteiger partial charge on any atom is 0.195 e. The van der Waals surface area contributed by atoms with E-state index in [9.17, 15) is 20.1 Å². The third-order valence-corrected chi connectivity index (χ3v) is 3.91. The van der Waals surface area contributed by atoms with E-state index in [1.165, 1.54) is 12.1 Å². The highest BCUT2D eigenvalue weighted by Crippen LogP contribution is 2.42. The largest absolute Gasteiger partial charge is 0.504 e. The van der Waals surface area contributed by atoms with Crippen LogP contribution in [0.5, 0.6) is 11.5 Å². The minimum absolute atomic E-state index is 0.0243. The number of aliphatic hydroxyl groups is 2. The maximum absolute atomic E-state index is 12.7. The second kappa shape index (κ2) is 5.91. The SMILES string of the molecule is O=C(c1ccccc1)c1ccc(O)c2c1NC(CO)(CO)CO2. The van der Waals surface area contributed by atoms with Crippen molar-refractivity contribution in [2.45, 2.75) is 5.54 Å². The third-order valence-electron chi connectivity index (χ3n) is 3.91. The van der Waals surface area contributed by atoms with E-state index >= 15 is 0 Å². The number of benzene rings is 2. The number of hydrogen-bond acceptors (Lipinski definition) is 6. The fraction of sp³-hybridized carbons (Fsp3) is 0.235. The van der Waals surface area contributed by atoms with E-state index in [1.54, 1.807) is 24.3 Å². The normalized spacial score (nSPS) is 15.2. The number of carbonyl (C=O) groups is 1. The van der Waals surface area contributed by atoms with Gasteiger partial charge < -0.3 is 25.4 Å². The Morgan fingerprint density at radius 1 is 1.13 bits per heavy atom. The summed E-state index contributed by atoms with van der Waals surface area (Å²) < 4.78 is 5.49. The molecule has 0 atom stereocenters. The summed E-state index contributed by atoms with van der Waals surface area (Å²) >= 11 is 0. The molecule has 4 N–H and O–H groups in total. The summed E-state index contributed by atoms with van der Waals surface area (Å²) in [5.41, 5.74) is -0.0403. The van der Waals surface area contributed by atoms with Crippen LogP contribution >= 0.6 is 0 Å². The minimum atomic E-state index is -1.10. The zero-order valence-electron chi connectivity index (χ0n) is 12.3. The molecule has 0 aromatic heterocycles. The Kier molecular flexibility index (Phi) is 3.94. The lowest BCUT2D eigenvalue weighted by molar-refractivity contribution is 0.0830. The fourth-order valence-corrected chi connectivity index (χ4v) is 2.51. The second-order valence-electron chi connectivity index (χ2n) is 5.54. The van der Waals surface area contributed by atoms with Crippen LogP contribution in [-0.2, 0) is 0 Å². The molecule has 0 spiro atoms. The van der Waals surface area contributed by atoms with Crippen LogP contribution in [0.1, 0.15) is 15.9 Å². The van der Waals surface area contributed by atoms with E-state index in [2.05, 4.69) is 5.32 Å². The maximum atomic E-state index is 12.7. The van der Waals surface area contributed by atoms with Gasteiger partial charge in [-0.2, -0.15) is 0 Å². The molecule has 6 nitrogen and oxygen atoms in total. The highest BCUT2D eigenvalue weighted by atomic mass is 16.5. The first kappa shape index (κ1) is 15.3. The number of aromatic hydroxyl groups is 1. The minimum Gasteiger partial charge on any atom is -0.504 e. The molecule has 0 amide bonds. The lowest BCUT2D eigenvalue weighted by Gasteiger charge is -2.37. The summed E-state index contributed by atoms with van der Waals surface area (Å²) in [5.74, 6) is -0.212. The average Bonchev–Trinajstić information content (AvgIpc) is 2.62. The Labute approximate surface area is 133 Å². The smallest absolute Gasteiger partial charge is 0.195 e. The van der Waals surface area contributed by atoms with Crippen LogP contribution in [0.25, 0.3) is 0 Å². The molecule has 1 heterocycles. The van der Waals surface area contributed by atoms with Crippen molar-refractivity contribution in [3.8, 4) is 11.5 Å². The summed E-state index contributed by atoms with van der Waals surface area (Å²) in [6.07, 6.45) is 0. The molecule has 1 aliphatic rings. The van der Waals surface area contributed by atoms with Crippen LogP contribution in [0.15, 0.2) is 42.5 Å². The molecule has 0 saturated carbocycles. The Hall–Kier alpha value is -2.57. The molecular formula is C17H17NO5. The number of nitrogens with one attached hydrogen (secondary N) is 1. The zero-order valence-corrected chi connectivity index (χ0v) is 12.3. The molecule has 23 heavy (non-hydrogen) atoms. The number of ketones is 1. The number of ether oxygens (including phenoxy) is 1. The van der Waals surface area contributed by atoms with Crippen LogP contribution in [0.3, 0.4) is 0 Å². The van der Waals surface area contributed by atoms with E-state index < -0.39 is 5.54 Å². The summed E-state index contributed by atoms with van der Waals surface area (Å²) in [7, 11) is 0. The van der Waals surface area contributed by atoms with Crippen LogP contribution in [0.4, 0.5) is 5.69 Å². The highest BCUT2D eigenvalue weighted by Gasteiger charge is 2.37. The average molecular weight is 315 g/mol. The molecule has 1 aliphatic heterocycles. The van der Waals surface area contributed by atoms with Gasteiger partial charge in [0, 0.05) is 11.1 Å². The molecule has 0 bridgehead atoms. The van der Waals surface area contributed by atoms with Crippen LogP contribution in [0, 0.1) is 0 Å². The topological polar surface area (TPSA) is 99.0 Å². The number of phenols is 1. The van der Waals surface area contributed by atoms with Gasteiger partial charge in [0.1, 0.15) is 12.1 Å². The van der Waals surface area contributed by atoms with E-state index in [0.29, 0.717) is 11.1 Å². The molecule has 2 aromatic carbocycles. The molecule has 0 fully saturated rings. The van der Waals surface area contributed by atoms with Gasteiger partial charge in [0.2, 0.25) is 0 Å². The van der Waals surface area contributed by atoms with Crippen LogP contribution in [0.2, 0.25) is 0 Å². The molecular weight excluding hydrogens is 298 g/mol. The number of hydrogen-bond donors (Lipinski definition) is 4. The van der Waals surface area contributed by atoms with Gasteiger partial charge in [-0.1, -0.05) is 30.3 Å². The zero-order chi connectivity index (χ0) is 16.4. The van der Waals surface area contributed by atoms with Gasteiger partial charge in [-0.25, -0.2) is 0 Å². The van der Waals surface area contributed by atoms with Crippen molar-refractivity contribution in [3.05, 3.63) is 53.6 Å². The van der Waals surface area contributed by atoms with Crippen LogP contribution < -0.4 is 10.1 Å². The molecule has 0 saturated heterocycles. The van der Waals surface area contributed by atoms with Gasteiger partial charge >= 0.3 is 0 Å². The standard InChI is InChI=1S/C17H17NO5/c19-8-17(9-20)10-23-16-13(21)7-6-12(14(16)18-17)15(22)11-4-2-1-3-5-11/h1-7,18-21H,8-10H2. The van der Waals surface area contributed by atoms with Gasteiger partial charge in [-0.15, -0.1) is 0 Å². The van der Waals surface area contributed by atoms with Gasteiger partial charge in [0.25, 0.3) is 0 Å². The van der Waals surface area contributed by atoms with Gasteiger partial charge in [-0.3, -0.25) is 4.79 Å². The van der Waals surface area contributed by atoms with Crippen molar-refractivity contribution >= 4 is 11.5 Å². The van der Waals surface area contributed by atoms with Crippen molar-refractivity contribution < 1.29 is 24.9 Å². The van der Waals surface area contributed by atoms with E-state index in [1.807, 2.05) is 6.07 Å². The Balaban J connectivity index is 2.09. The Morgan fingerprint density at radius 3 is 2.48 bits per heavy atom. The first-order valence-electron chi connectivity index (χ1n) is 7.19. The fourth-order valence-electron chi connectivity index (χ4n) is 2.51. The quantitative estimate of drug-likeness (QED) is 0.632. The lowest BCUT2D eigenvalue weighted by atomic mass is 9.95. The monoisotopic (exact) mass is 315 g/mol. The summed E-state index contributed by atoms with van der Waals surface area (Å²) in [6, 6.07) is 11.6. The highest BCUT2D eigenvalue weighted by molar-refractivity contribution is 6.13. The number of fused-ring (bicyclic) bond motifs is 1. The number of rotatable bonds is 4. The molecule has 0 aliphatic carbocycles. The molecule has 120 valence electrons. The number of phenolic OH excluding ortho intramolecular Hbond substituents is 1. The predicted octanol–water partition coefficient (Wildman–Crippen LogP) is 1.15. The Bertz CT molecular complexity index is 725. The second-order valence-corrected chi connectivity index (χ2v) is 5.54. The molecule has 0 unspecified atom stereocenters. The number of aliphatic hydroxyl groups excluding tert-OH is 2. The molecule has 3 rings (SSSR count). The number of anilines is 1. The van der Waals surface area contributed by atoms with Gasteiger partial charge in [0.15, 0.2) is 17.3 Å². The molecule has 6 heteroatoms. The lowest BCUT2D eigenvalue weighted by Crippen LogP contribution is -2.53. The van der Waals surface area contributed by atoms with Crippen molar-refractivity contribution in [1.82, 2.24) is 0 Å². The third kappa shape index (κ3) is 2.62. The first-order valence-corrected chi connectivity index (χ1v) is 7.19. The number of carbonyl (C=O) groups excluding carboxylic acids is 1. The molecule has 2 aromatic rings. The van der Waals surface area contributed by atoms with Crippen molar-refractivity contribution in [3.63, 3.8) is 0 Å².